The van der Waals surface area contributed by atoms with E-state index in [9.17, 15) is 13.2 Å². The Morgan fingerprint density at radius 2 is 2.04 bits per heavy atom. The van der Waals surface area contributed by atoms with Gasteiger partial charge in [-0.3, -0.25) is 9.78 Å². The van der Waals surface area contributed by atoms with Crippen LogP contribution < -0.4 is 5.32 Å². The van der Waals surface area contributed by atoms with Crippen molar-refractivity contribution in [2.24, 2.45) is 5.92 Å². The molecule has 0 unspecified atom stereocenters. The Morgan fingerprint density at radius 1 is 1.24 bits per heavy atom. The van der Waals surface area contributed by atoms with Gasteiger partial charge in [-0.2, -0.15) is 0 Å². The molecule has 2 aromatic rings. The van der Waals surface area contributed by atoms with Crippen molar-refractivity contribution in [1.29, 1.82) is 0 Å². The molecule has 1 N–H and O–H groups in total. The zero-order valence-corrected chi connectivity index (χ0v) is 15.6. The van der Waals surface area contributed by atoms with Crippen LogP contribution in [0.15, 0.2) is 46.2 Å². The summed E-state index contributed by atoms with van der Waals surface area (Å²) in [5.74, 6) is -0.0253. The van der Waals surface area contributed by atoms with Gasteiger partial charge in [0.05, 0.1) is 0 Å². The maximum absolute atomic E-state index is 13.0. The fourth-order valence-corrected chi connectivity index (χ4v) is 6.09. The van der Waals surface area contributed by atoms with E-state index >= 15 is 0 Å². The topological polar surface area (TPSA) is 76.1 Å². The smallest absolute Gasteiger partial charge is 0.223 e. The first kappa shape index (κ1) is 18.1. The summed E-state index contributed by atoms with van der Waals surface area (Å²) >= 11 is 1.19. The van der Waals surface area contributed by atoms with Crippen LogP contribution in [-0.2, 0) is 14.6 Å². The molecule has 0 radical (unpaired) electrons. The van der Waals surface area contributed by atoms with Crippen molar-refractivity contribution in [2.45, 2.75) is 41.6 Å². The van der Waals surface area contributed by atoms with Crippen molar-refractivity contribution >= 4 is 27.1 Å². The molecule has 0 aromatic carbocycles. The van der Waals surface area contributed by atoms with Crippen molar-refractivity contribution in [3.63, 3.8) is 0 Å². The zero-order valence-electron chi connectivity index (χ0n) is 13.9. The number of rotatable bonds is 6. The molecule has 3 rings (SSSR count). The highest BCUT2D eigenvalue weighted by Gasteiger charge is 2.31. The number of pyridine rings is 1. The van der Waals surface area contributed by atoms with Crippen molar-refractivity contribution < 1.29 is 13.2 Å². The average molecular weight is 379 g/mol. The van der Waals surface area contributed by atoms with Crippen LogP contribution >= 0.6 is 11.3 Å². The third-order valence-corrected chi connectivity index (χ3v) is 8.18. The summed E-state index contributed by atoms with van der Waals surface area (Å²) in [5.41, 5.74) is 0.597. The second kappa shape index (κ2) is 8.10. The first-order chi connectivity index (χ1) is 12.1. The molecular weight excluding hydrogens is 356 g/mol. The van der Waals surface area contributed by atoms with Crippen LogP contribution in [0.5, 0.6) is 0 Å². The van der Waals surface area contributed by atoms with E-state index in [0.717, 1.165) is 25.7 Å². The number of sulfone groups is 1. The van der Waals surface area contributed by atoms with E-state index in [2.05, 4.69) is 10.3 Å². The van der Waals surface area contributed by atoms with Gasteiger partial charge in [0.2, 0.25) is 5.91 Å². The molecule has 0 aliphatic heterocycles. The fraction of sp³-hybridized carbons (Fsp3) is 0.444. The molecule has 1 amide bonds. The number of carbonyl (C=O) groups excluding carboxylic acids is 1. The Morgan fingerprint density at radius 3 is 2.68 bits per heavy atom. The first-order valence-electron chi connectivity index (χ1n) is 8.54. The van der Waals surface area contributed by atoms with Gasteiger partial charge in [-0.25, -0.2) is 8.42 Å². The van der Waals surface area contributed by atoms with E-state index in [1.165, 1.54) is 17.8 Å². The van der Waals surface area contributed by atoms with E-state index in [-0.39, 0.29) is 18.4 Å². The van der Waals surface area contributed by atoms with Crippen molar-refractivity contribution in [2.75, 3.05) is 6.54 Å². The summed E-state index contributed by atoms with van der Waals surface area (Å²) in [6.45, 7) is 0.0707. The fourth-order valence-electron chi connectivity index (χ4n) is 3.24. The van der Waals surface area contributed by atoms with Gasteiger partial charge in [0, 0.05) is 24.9 Å². The van der Waals surface area contributed by atoms with Gasteiger partial charge >= 0.3 is 0 Å². The third kappa shape index (κ3) is 4.27. The van der Waals surface area contributed by atoms with E-state index < -0.39 is 15.1 Å². The lowest BCUT2D eigenvalue weighted by Crippen LogP contribution is -2.36. The molecular formula is C18H22N2O3S2. The van der Waals surface area contributed by atoms with Gasteiger partial charge in [0.25, 0.3) is 0 Å². The number of hydrogen-bond acceptors (Lipinski definition) is 5. The van der Waals surface area contributed by atoms with Crippen LogP contribution in [0.3, 0.4) is 0 Å². The Kier molecular flexibility index (Phi) is 5.86. The Bertz CT molecular complexity index is 783. The molecule has 1 fully saturated rings. The summed E-state index contributed by atoms with van der Waals surface area (Å²) in [6.07, 6.45) is 8.26. The highest BCUT2D eigenvalue weighted by Crippen LogP contribution is 2.31. The second-order valence-electron chi connectivity index (χ2n) is 6.33. The third-order valence-electron chi connectivity index (χ3n) is 4.64. The predicted molar refractivity (Wildman–Crippen MR) is 98.1 cm³/mol. The summed E-state index contributed by atoms with van der Waals surface area (Å²) in [4.78, 5) is 16.5. The minimum absolute atomic E-state index is 0.00717. The number of amides is 1. The molecule has 0 bridgehead atoms. The SMILES string of the molecule is O=C(NC[C@H](c1cccnc1)S(=O)(=O)c1cccs1)C1CCCCC1. The lowest BCUT2D eigenvalue weighted by Gasteiger charge is -2.23. The number of nitrogens with zero attached hydrogens (tertiary/aromatic N) is 1. The Hall–Kier alpha value is -1.73. The van der Waals surface area contributed by atoms with Gasteiger partial charge in [0.15, 0.2) is 9.84 Å². The summed E-state index contributed by atoms with van der Waals surface area (Å²) in [7, 11) is -3.57. The number of hydrogen-bond donors (Lipinski definition) is 1. The van der Waals surface area contributed by atoms with Crippen molar-refractivity contribution in [3.05, 3.63) is 47.6 Å². The number of aromatic nitrogens is 1. The second-order valence-corrected chi connectivity index (χ2v) is 9.64. The molecule has 2 aromatic heterocycles. The van der Waals surface area contributed by atoms with E-state index in [1.54, 1.807) is 42.0 Å². The van der Waals surface area contributed by atoms with E-state index in [4.69, 9.17) is 0 Å². The molecule has 1 atom stereocenters. The average Bonchev–Trinajstić information content (AvgIpc) is 3.19. The largest absolute Gasteiger partial charge is 0.354 e. The lowest BCUT2D eigenvalue weighted by molar-refractivity contribution is -0.125. The number of thiophene rings is 1. The van der Waals surface area contributed by atoms with Crippen LogP contribution in [0, 0.1) is 5.92 Å². The minimum Gasteiger partial charge on any atom is -0.354 e. The summed E-state index contributed by atoms with van der Waals surface area (Å²) < 4.78 is 26.3. The predicted octanol–water partition coefficient (Wildman–Crippen LogP) is 3.35. The molecule has 0 spiro atoms. The van der Waals surface area contributed by atoms with Crippen LogP contribution in [0.4, 0.5) is 0 Å². The van der Waals surface area contributed by atoms with Crippen LogP contribution in [-0.4, -0.2) is 25.9 Å². The van der Waals surface area contributed by atoms with Gasteiger partial charge < -0.3 is 5.32 Å². The maximum atomic E-state index is 13.0. The normalized spacial score (nSPS) is 17.1. The maximum Gasteiger partial charge on any atom is 0.223 e. The van der Waals surface area contributed by atoms with Gasteiger partial charge in [-0.15, -0.1) is 11.3 Å². The minimum atomic E-state index is -3.57. The molecule has 2 heterocycles. The molecule has 134 valence electrons. The Balaban J connectivity index is 1.79. The molecule has 0 saturated heterocycles. The number of carbonyl (C=O) groups is 1. The van der Waals surface area contributed by atoms with Crippen LogP contribution in [0.2, 0.25) is 0 Å². The lowest BCUT2D eigenvalue weighted by atomic mass is 9.88. The van der Waals surface area contributed by atoms with Gasteiger partial charge in [0.1, 0.15) is 9.46 Å². The number of nitrogens with one attached hydrogen (secondary N) is 1. The molecule has 1 saturated carbocycles. The standard InChI is InChI=1S/C18H22N2O3S2/c21-18(14-6-2-1-3-7-14)20-13-16(15-8-4-10-19-12-15)25(22,23)17-9-5-11-24-17/h4-5,8-12,14,16H,1-3,6-7,13H2,(H,20,21)/t16-/m1/s1. The first-order valence-corrected chi connectivity index (χ1v) is 11.0. The van der Waals surface area contributed by atoms with E-state index in [0.29, 0.717) is 9.77 Å². The van der Waals surface area contributed by atoms with E-state index in [1.807, 2.05) is 0 Å². The van der Waals surface area contributed by atoms with Gasteiger partial charge in [-0.1, -0.05) is 31.4 Å². The molecule has 5 nitrogen and oxygen atoms in total. The van der Waals surface area contributed by atoms with Crippen LogP contribution in [0.25, 0.3) is 0 Å². The quantitative estimate of drug-likeness (QED) is 0.836. The van der Waals surface area contributed by atoms with Crippen molar-refractivity contribution in [1.82, 2.24) is 10.3 Å². The van der Waals surface area contributed by atoms with Crippen molar-refractivity contribution in [3.8, 4) is 0 Å². The highest BCUT2D eigenvalue weighted by atomic mass is 32.2. The van der Waals surface area contributed by atoms with Crippen LogP contribution in [0.1, 0.15) is 42.9 Å². The molecule has 1 aliphatic rings. The summed E-state index contributed by atoms with van der Waals surface area (Å²) in [5, 5.41) is 3.80. The molecule has 7 heteroatoms. The zero-order chi connectivity index (χ0) is 17.7. The molecule has 1 aliphatic carbocycles. The monoisotopic (exact) mass is 378 g/mol. The summed E-state index contributed by atoms with van der Waals surface area (Å²) in [6, 6.07) is 6.79. The molecule has 25 heavy (non-hydrogen) atoms. The highest BCUT2D eigenvalue weighted by molar-refractivity contribution is 7.93. The Labute approximate surface area is 152 Å². The van der Waals surface area contributed by atoms with Gasteiger partial charge in [-0.05, 0) is 35.9 Å².